The molecular formula is C6H9N5. The van der Waals surface area contributed by atoms with Gasteiger partial charge in [-0.05, 0) is 6.92 Å². The lowest BCUT2D eigenvalue weighted by molar-refractivity contribution is 0.611. The molecule has 0 amide bonds. The third-order valence-corrected chi connectivity index (χ3v) is 1.61. The van der Waals surface area contributed by atoms with Crippen LogP contribution < -0.4 is 21.9 Å². The Morgan fingerprint density at radius 2 is 2.45 bits per heavy atom. The molecule has 1 unspecified atom stereocenters. The summed E-state index contributed by atoms with van der Waals surface area (Å²) in [5.41, 5.74) is 7.27. The largest absolute Gasteiger partial charge is 0.353 e. The Bertz CT molecular complexity index is 376. The maximum Gasteiger partial charge on any atom is 0.173 e. The Labute approximate surface area is 63.0 Å². The lowest BCUT2D eigenvalue weighted by Crippen LogP contribution is -2.46. The number of imidazole rings is 1. The second-order valence-corrected chi connectivity index (χ2v) is 2.44. The summed E-state index contributed by atoms with van der Waals surface area (Å²) in [6.45, 7) is 1.92. The molecule has 0 aromatic carbocycles. The lowest BCUT2D eigenvalue weighted by atomic mass is 10.4. The van der Waals surface area contributed by atoms with Gasteiger partial charge in [0.15, 0.2) is 11.8 Å². The first-order valence-electron chi connectivity index (χ1n) is 3.37. The van der Waals surface area contributed by atoms with Gasteiger partial charge in [-0.25, -0.2) is 9.98 Å². The van der Waals surface area contributed by atoms with Crippen LogP contribution in [0.5, 0.6) is 0 Å². The minimum Gasteiger partial charge on any atom is -0.353 e. The van der Waals surface area contributed by atoms with E-state index in [-0.39, 0.29) is 6.29 Å². The smallest absolute Gasteiger partial charge is 0.173 e. The van der Waals surface area contributed by atoms with E-state index >= 15 is 0 Å². The number of H-pyrrole nitrogens is 1. The second-order valence-electron chi connectivity index (χ2n) is 2.44. The first-order chi connectivity index (χ1) is 5.27. The Balaban J connectivity index is 2.80. The summed E-state index contributed by atoms with van der Waals surface area (Å²) in [7, 11) is 0. The first-order valence-corrected chi connectivity index (χ1v) is 3.37. The topological polar surface area (TPSA) is 79.1 Å². The van der Waals surface area contributed by atoms with Crippen molar-refractivity contribution in [2.45, 2.75) is 13.2 Å². The molecule has 1 aliphatic heterocycles. The Hall–Kier alpha value is -1.36. The number of hydrogen-bond donors (Lipinski definition) is 3. The highest BCUT2D eigenvalue weighted by Gasteiger charge is 2.06. The summed E-state index contributed by atoms with van der Waals surface area (Å²) >= 11 is 0. The van der Waals surface area contributed by atoms with E-state index in [9.17, 15) is 0 Å². The standard InChI is InChI=1S/C6H9N5/c1-3-4-5(9-2-8-4)11-6(7)10-3/h2,6,10H,7H2,1H3,(H,8,9,11). The van der Waals surface area contributed by atoms with Gasteiger partial charge >= 0.3 is 0 Å². The molecule has 1 aromatic heterocycles. The monoisotopic (exact) mass is 151 g/mol. The molecule has 1 atom stereocenters. The van der Waals surface area contributed by atoms with Gasteiger partial charge in [-0.1, -0.05) is 0 Å². The van der Waals surface area contributed by atoms with E-state index in [1.54, 1.807) is 6.33 Å². The fourth-order valence-corrected chi connectivity index (χ4v) is 1.12. The van der Waals surface area contributed by atoms with Gasteiger partial charge in [0.2, 0.25) is 0 Å². The maximum absolute atomic E-state index is 5.55. The predicted molar refractivity (Wildman–Crippen MR) is 39.6 cm³/mol. The van der Waals surface area contributed by atoms with Crippen LogP contribution in [0.15, 0.2) is 11.3 Å². The van der Waals surface area contributed by atoms with E-state index in [0.29, 0.717) is 0 Å². The van der Waals surface area contributed by atoms with Gasteiger partial charge in [-0.2, -0.15) is 0 Å². The molecule has 0 saturated carbocycles. The third kappa shape index (κ3) is 0.894. The third-order valence-electron chi connectivity index (χ3n) is 1.61. The molecule has 0 radical (unpaired) electrons. The number of aromatic nitrogens is 2. The number of nitrogens with one attached hydrogen (secondary N) is 2. The van der Waals surface area contributed by atoms with Crippen molar-refractivity contribution >= 4 is 5.70 Å². The zero-order valence-corrected chi connectivity index (χ0v) is 6.13. The van der Waals surface area contributed by atoms with Crippen LogP contribution in [0.1, 0.15) is 6.92 Å². The Kier molecular flexibility index (Phi) is 1.19. The molecule has 4 N–H and O–H groups in total. The maximum atomic E-state index is 5.55. The van der Waals surface area contributed by atoms with Crippen molar-refractivity contribution in [3.8, 4) is 0 Å². The minimum atomic E-state index is -0.344. The van der Waals surface area contributed by atoms with Crippen molar-refractivity contribution in [3.63, 3.8) is 0 Å². The van der Waals surface area contributed by atoms with Gasteiger partial charge in [0.25, 0.3) is 0 Å². The molecular weight excluding hydrogens is 142 g/mol. The summed E-state index contributed by atoms with van der Waals surface area (Å²) in [5.74, 6) is 0. The van der Waals surface area contributed by atoms with E-state index in [0.717, 1.165) is 16.5 Å². The molecule has 5 heteroatoms. The van der Waals surface area contributed by atoms with Crippen LogP contribution in [-0.4, -0.2) is 16.3 Å². The molecule has 0 bridgehead atoms. The molecule has 1 aliphatic rings. The van der Waals surface area contributed by atoms with Crippen LogP contribution in [0.2, 0.25) is 0 Å². The Morgan fingerprint density at radius 3 is 3.27 bits per heavy atom. The number of fused-ring (bicyclic) bond motifs is 1. The van der Waals surface area contributed by atoms with E-state index in [1.807, 2.05) is 6.92 Å². The van der Waals surface area contributed by atoms with Crippen molar-refractivity contribution in [1.29, 1.82) is 0 Å². The van der Waals surface area contributed by atoms with Crippen LogP contribution in [-0.2, 0) is 0 Å². The van der Waals surface area contributed by atoms with E-state index in [1.165, 1.54) is 0 Å². The lowest BCUT2D eigenvalue weighted by Gasteiger charge is -2.12. The molecule has 58 valence electrons. The van der Waals surface area contributed by atoms with E-state index in [2.05, 4.69) is 20.3 Å². The molecule has 0 spiro atoms. The van der Waals surface area contributed by atoms with Crippen LogP contribution in [0, 0.1) is 0 Å². The number of nitrogens with two attached hydrogens (primary N) is 1. The van der Waals surface area contributed by atoms with Crippen LogP contribution in [0.3, 0.4) is 0 Å². The summed E-state index contributed by atoms with van der Waals surface area (Å²) in [5, 5.41) is 3.82. The fraction of sp³-hybridized carbons (Fsp3) is 0.333. The van der Waals surface area contributed by atoms with E-state index in [4.69, 9.17) is 5.73 Å². The molecule has 0 saturated heterocycles. The van der Waals surface area contributed by atoms with Crippen molar-refractivity contribution in [2.24, 2.45) is 10.7 Å². The Morgan fingerprint density at radius 1 is 1.64 bits per heavy atom. The molecule has 2 heterocycles. The first kappa shape index (κ1) is 6.36. The van der Waals surface area contributed by atoms with Gasteiger partial charge in [-0.3, -0.25) is 5.73 Å². The minimum absolute atomic E-state index is 0.344. The highest BCUT2D eigenvalue weighted by molar-refractivity contribution is 5.37. The van der Waals surface area contributed by atoms with E-state index < -0.39 is 0 Å². The highest BCUT2D eigenvalue weighted by atomic mass is 15.2. The van der Waals surface area contributed by atoms with Gasteiger partial charge in [-0.15, -0.1) is 0 Å². The number of nitrogens with zero attached hydrogens (tertiary/aromatic N) is 2. The molecule has 11 heavy (non-hydrogen) atoms. The van der Waals surface area contributed by atoms with Gasteiger partial charge in [0.1, 0.15) is 5.35 Å². The summed E-state index contributed by atoms with van der Waals surface area (Å²) in [6, 6.07) is 0. The summed E-state index contributed by atoms with van der Waals surface area (Å²) < 4.78 is 0. The van der Waals surface area contributed by atoms with Crippen molar-refractivity contribution < 1.29 is 0 Å². The molecule has 2 rings (SSSR count). The zero-order chi connectivity index (χ0) is 7.84. The number of aromatic amines is 1. The van der Waals surface area contributed by atoms with Crippen molar-refractivity contribution in [3.05, 3.63) is 17.2 Å². The summed E-state index contributed by atoms with van der Waals surface area (Å²) in [4.78, 5) is 11.1. The molecule has 5 nitrogen and oxygen atoms in total. The zero-order valence-electron chi connectivity index (χ0n) is 6.13. The molecule has 1 aromatic rings. The van der Waals surface area contributed by atoms with Crippen LogP contribution in [0.4, 0.5) is 0 Å². The average molecular weight is 151 g/mol. The number of rotatable bonds is 0. The van der Waals surface area contributed by atoms with Gasteiger partial charge in [0.05, 0.1) is 6.33 Å². The van der Waals surface area contributed by atoms with Gasteiger partial charge in [0, 0.05) is 5.70 Å². The highest BCUT2D eigenvalue weighted by Crippen LogP contribution is 1.86. The second kappa shape index (κ2) is 2.06. The fourth-order valence-electron chi connectivity index (χ4n) is 1.12. The predicted octanol–water partition coefficient (Wildman–Crippen LogP) is -2.00. The van der Waals surface area contributed by atoms with Crippen LogP contribution in [0.25, 0.3) is 5.70 Å². The molecule has 0 aliphatic carbocycles. The number of hydrogen-bond acceptors (Lipinski definition) is 4. The van der Waals surface area contributed by atoms with Gasteiger partial charge < -0.3 is 10.3 Å². The average Bonchev–Trinajstić information content (AvgIpc) is 2.34. The van der Waals surface area contributed by atoms with Crippen molar-refractivity contribution in [1.82, 2.24) is 15.3 Å². The van der Waals surface area contributed by atoms with Crippen molar-refractivity contribution in [2.75, 3.05) is 0 Å². The quantitative estimate of drug-likeness (QED) is 0.401. The normalized spacial score (nSPS) is 22.0. The molecule has 0 fully saturated rings. The van der Waals surface area contributed by atoms with Crippen LogP contribution >= 0.6 is 0 Å². The SMILES string of the molecule is CC1=c2nc[nH]c2=NC(N)N1. The summed E-state index contributed by atoms with van der Waals surface area (Å²) in [6.07, 6.45) is 1.26.